The second-order valence-electron chi connectivity index (χ2n) is 4.46. The number of fused-ring (bicyclic) bond motifs is 1. The molecule has 0 amide bonds. The van der Waals surface area contributed by atoms with Crippen LogP contribution in [-0.2, 0) is 6.42 Å². The SMILES string of the molecule is Fc1cccc2c1C(c1ccc(Cl)cc1)CC2. The van der Waals surface area contributed by atoms with E-state index in [0.717, 1.165) is 34.6 Å². The fourth-order valence-electron chi connectivity index (χ4n) is 2.66. The van der Waals surface area contributed by atoms with Crippen molar-refractivity contribution in [3.8, 4) is 0 Å². The summed E-state index contributed by atoms with van der Waals surface area (Å²) in [5.74, 6) is 0.100. The van der Waals surface area contributed by atoms with Crippen LogP contribution in [0.3, 0.4) is 0 Å². The van der Waals surface area contributed by atoms with Crippen molar-refractivity contribution < 1.29 is 4.39 Å². The third-order valence-corrected chi connectivity index (χ3v) is 3.72. The minimum absolute atomic E-state index is 0.0834. The van der Waals surface area contributed by atoms with Crippen LogP contribution in [0.15, 0.2) is 42.5 Å². The van der Waals surface area contributed by atoms with Crippen molar-refractivity contribution in [1.29, 1.82) is 0 Å². The fourth-order valence-corrected chi connectivity index (χ4v) is 2.79. The van der Waals surface area contributed by atoms with Gasteiger partial charge >= 0.3 is 0 Å². The number of benzene rings is 2. The molecule has 1 atom stereocenters. The van der Waals surface area contributed by atoms with E-state index in [1.165, 1.54) is 0 Å². The van der Waals surface area contributed by atoms with Gasteiger partial charge in [0.15, 0.2) is 0 Å². The van der Waals surface area contributed by atoms with Gasteiger partial charge in [0.05, 0.1) is 0 Å². The molecule has 0 aromatic heterocycles. The summed E-state index contributed by atoms with van der Waals surface area (Å²) >= 11 is 5.88. The highest BCUT2D eigenvalue weighted by molar-refractivity contribution is 6.30. The van der Waals surface area contributed by atoms with Gasteiger partial charge in [-0.1, -0.05) is 35.9 Å². The molecule has 17 heavy (non-hydrogen) atoms. The molecule has 0 bridgehead atoms. The van der Waals surface area contributed by atoms with Crippen molar-refractivity contribution >= 4 is 11.6 Å². The van der Waals surface area contributed by atoms with E-state index in [2.05, 4.69) is 0 Å². The zero-order valence-corrected chi connectivity index (χ0v) is 10.0. The number of halogens is 2. The smallest absolute Gasteiger partial charge is 0.127 e. The first-order chi connectivity index (χ1) is 8.25. The zero-order chi connectivity index (χ0) is 11.8. The lowest BCUT2D eigenvalue weighted by molar-refractivity contribution is 0.602. The summed E-state index contributed by atoms with van der Waals surface area (Å²) in [6.07, 6.45) is 1.94. The average molecular weight is 247 g/mol. The fraction of sp³-hybridized carbons (Fsp3) is 0.200. The number of hydrogen-bond acceptors (Lipinski definition) is 0. The van der Waals surface area contributed by atoms with Gasteiger partial charge in [-0.25, -0.2) is 4.39 Å². The Labute approximate surface area is 105 Å². The maximum Gasteiger partial charge on any atom is 0.127 e. The van der Waals surface area contributed by atoms with Crippen LogP contribution in [0, 0.1) is 5.82 Å². The third kappa shape index (κ3) is 1.85. The molecular formula is C15H12ClF. The minimum Gasteiger partial charge on any atom is -0.207 e. The van der Waals surface area contributed by atoms with E-state index in [-0.39, 0.29) is 11.7 Å². The summed E-state index contributed by atoms with van der Waals surface area (Å²) in [6.45, 7) is 0. The molecule has 0 saturated carbocycles. The van der Waals surface area contributed by atoms with Crippen LogP contribution in [-0.4, -0.2) is 0 Å². The summed E-state index contributed by atoms with van der Waals surface area (Å²) < 4.78 is 13.9. The summed E-state index contributed by atoms with van der Waals surface area (Å²) in [7, 11) is 0. The number of aryl methyl sites for hydroxylation is 1. The molecule has 0 spiro atoms. The molecule has 86 valence electrons. The maximum absolute atomic E-state index is 13.9. The molecule has 2 aromatic rings. The van der Waals surface area contributed by atoms with Gasteiger partial charge in [0.1, 0.15) is 5.82 Å². The molecule has 1 aliphatic rings. The van der Waals surface area contributed by atoms with E-state index in [4.69, 9.17) is 11.6 Å². The lowest BCUT2D eigenvalue weighted by Gasteiger charge is -2.12. The molecule has 3 rings (SSSR count). The van der Waals surface area contributed by atoms with Gasteiger partial charge in [-0.05, 0) is 47.7 Å². The molecule has 0 nitrogen and oxygen atoms in total. The Morgan fingerprint density at radius 2 is 1.82 bits per heavy atom. The molecule has 0 saturated heterocycles. The second-order valence-corrected chi connectivity index (χ2v) is 4.89. The quantitative estimate of drug-likeness (QED) is 0.692. The Morgan fingerprint density at radius 1 is 1.06 bits per heavy atom. The first kappa shape index (κ1) is 10.8. The van der Waals surface area contributed by atoms with Gasteiger partial charge in [0.25, 0.3) is 0 Å². The number of rotatable bonds is 1. The predicted octanol–water partition coefficient (Wildman–Crippen LogP) is 4.56. The first-order valence-electron chi connectivity index (χ1n) is 5.78. The largest absolute Gasteiger partial charge is 0.207 e. The Bertz CT molecular complexity index is 545. The predicted molar refractivity (Wildman–Crippen MR) is 68.0 cm³/mol. The summed E-state index contributed by atoms with van der Waals surface area (Å²) in [5.41, 5.74) is 3.16. The van der Waals surface area contributed by atoms with Crippen LogP contribution in [0.5, 0.6) is 0 Å². The standard InChI is InChI=1S/C15H12ClF/c16-12-7-4-10(5-8-12)13-9-6-11-2-1-3-14(17)15(11)13/h1-5,7-8,13H,6,9H2. The Balaban J connectivity index is 2.06. The summed E-state index contributed by atoms with van der Waals surface area (Å²) in [4.78, 5) is 0. The molecule has 0 radical (unpaired) electrons. The zero-order valence-electron chi connectivity index (χ0n) is 9.29. The van der Waals surface area contributed by atoms with Crippen molar-refractivity contribution in [2.45, 2.75) is 18.8 Å². The number of hydrogen-bond donors (Lipinski definition) is 0. The van der Waals surface area contributed by atoms with E-state index in [1.54, 1.807) is 12.1 Å². The maximum atomic E-state index is 13.9. The molecule has 0 N–H and O–H groups in total. The first-order valence-corrected chi connectivity index (χ1v) is 6.16. The van der Waals surface area contributed by atoms with Crippen molar-refractivity contribution in [1.82, 2.24) is 0 Å². The van der Waals surface area contributed by atoms with E-state index >= 15 is 0 Å². The normalized spacial score (nSPS) is 18.1. The highest BCUT2D eigenvalue weighted by atomic mass is 35.5. The minimum atomic E-state index is -0.0834. The molecular weight excluding hydrogens is 235 g/mol. The topological polar surface area (TPSA) is 0 Å². The van der Waals surface area contributed by atoms with Crippen molar-refractivity contribution in [2.75, 3.05) is 0 Å². The van der Waals surface area contributed by atoms with Crippen LogP contribution in [0.2, 0.25) is 5.02 Å². The lowest BCUT2D eigenvalue weighted by atomic mass is 9.93. The van der Waals surface area contributed by atoms with E-state index in [0.29, 0.717) is 0 Å². The molecule has 1 unspecified atom stereocenters. The van der Waals surface area contributed by atoms with E-state index < -0.39 is 0 Å². The highest BCUT2D eigenvalue weighted by Crippen LogP contribution is 2.39. The lowest BCUT2D eigenvalue weighted by Crippen LogP contribution is -1.98. The van der Waals surface area contributed by atoms with Crippen LogP contribution < -0.4 is 0 Å². The molecule has 0 heterocycles. The summed E-state index contributed by atoms with van der Waals surface area (Å²) in [5, 5.41) is 0.723. The van der Waals surface area contributed by atoms with Gasteiger partial charge in [0.2, 0.25) is 0 Å². The molecule has 2 aromatic carbocycles. The van der Waals surface area contributed by atoms with Gasteiger partial charge < -0.3 is 0 Å². The van der Waals surface area contributed by atoms with Crippen LogP contribution in [0.1, 0.15) is 29.0 Å². The van der Waals surface area contributed by atoms with E-state index in [9.17, 15) is 4.39 Å². The van der Waals surface area contributed by atoms with E-state index in [1.807, 2.05) is 30.3 Å². The third-order valence-electron chi connectivity index (χ3n) is 3.47. The summed E-state index contributed by atoms with van der Waals surface area (Å²) in [6, 6.07) is 13.1. The van der Waals surface area contributed by atoms with Crippen molar-refractivity contribution in [3.63, 3.8) is 0 Å². The second kappa shape index (κ2) is 4.15. The van der Waals surface area contributed by atoms with Gasteiger partial charge in [0, 0.05) is 10.9 Å². The van der Waals surface area contributed by atoms with Crippen molar-refractivity contribution in [2.24, 2.45) is 0 Å². The van der Waals surface area contributed by atoms with Crippen LogP contribution in [0.4, 0.5) is 4.39 Å². The molecule has 2 heteroatoms. The molecule has 0 aliphatic heterocycles. The molecule has 1 aliphatic carbocycles. The van der Waals surface area contributed by atoms with Crippen molar-refractivity contribution in [3.05, 3.63) is 70.0 Å². The van der Waals surface area contributed by atoms with Gasteiger partial charge in [-0.15, -0.1) is 0 Å². The highest BCUT2D eigenvalue weighted by Gasteiger charge is 2.26. The van der Waals surface area contributed by atoms with Crippen LogP contribution >= 0.6 is 11.6 Å². The van der Waals surface area contributed by atoms with Gasteiger partial charge in [-0.2, -0.15) is 0 Å². The van der Waals surface area contributed by atoms with Crippen LogP contribution in [0.25, 0.3) is 0 Å². The van der Waals surface area contributed by atoms with Gasteiger partial charge in [-0.3, -0.25) is 0 Å². The molecule has 0 fully saturated rings. The Kier molecular flexibility index (Phi) is 2.64. The average Bonchev–Trinajstić information content (AvgIpc) is 2.75. The Morgan fingerprint density at radius 3 is 2.59 bits per heavy atom. The monoisotopic (exact) mass is 246 g/mol. The Hall–Kier alpha value is -1.34.